The monoisotopic (exact) mass is 379 g/mol. The molecule has 4 rings (SSSR count). The third-order valence-corrected chi connectivity index (χ3v) is 6.52. The van der Waals surface area contributed by atoms with Gasteiger partial charge >= 0.3 is 0 Å². The van der Waals surface area contributed by atoms with E-state index in [-0.39, 0.29) is 28.9 Å². The Kier molecular flexibility index (Phi) is 4.07. The third kappa shape index (κ3) is 3.01. The number of nitrogens with zero attached hydrogens (tertiary/aromatic N) is 3. The predicted octanol–water partition coefficient (Wildman–Crippen LogP) is 0.864. The maximum atomic E-state index is 13.1. The summed E-state index contributed by atoms with van der Waals surface area (Å²) in [6.07, 6.45) is -0.474. The number of amides is 1. The van der Waals surface area contributed by atoms with Gasteiger partial charge in [0.05, 0.1) is 36.0 Å². The molecule has 2 aromatic rings. The van der Waals surface area contributed by atoms with E-state index in [2.05, 4.69) is 5.10 Å². The number of aromatic nitrogens is 2. The highest BCUT2D eigenvalue weighted by Crippen LogP contribution is 2.27. The van der Waals surface area contributed by atoms with Crippen molar-refractivity contribution in [2.45, 2.75) is 12.1 Å². The van der Waals surface area contributed by atoms with Gasteiger partial charge in [-0.1, -0.05) is 0 Å². The van der Waals surface area contributed by atoms with Crippen molar-refractivity contribution in [2.75, 3.05) is 24.7 Å². The van der Waals surface area contributed by atoms with E-state index in [1.165, 1.54) is 12.1 Å². The van der Waals surface area contributed by atoms with Crippen LogP contribution in [0.25, 0.3) is 11.3 Å². The number of benzene rings is 1. The van der Waals surface area contributed by atoms with Gasteiger partial charge in [-0.25, -0.2) is 12.8 Å². The molecule has 3 heterocycles. The van der Waals surface area contributed by atoms with Crippen LogP contribution in [-0.2, 0) is 21.6 Å². The zero-order chi connectivity index (χ0) is 18.5. The van der Waals surface area contributed by atoms with Crippen LogP contribution in [0.4, 0.5) is 4.39 Å². The van der Waals surface area contributed by atoms with Gasteiger partial charge < -0.3 is 9.64 Å². The van der Waals surface area contributed by atoms with Gasteiger partial charge in [0.2, 0.25) is 0 Å². The lowest BCUT2D eigenvalue weighted by molar-refractivity contribution is -0.0363. The van der Waals surface area contributed by atoms with Crippen LogP contribution in [-0.4, -0.2) is 65.8 Å². The van der Waals surface area contributed by atoms with E-state index in [1.54, 1.807) is 34.8 Å². The maximum absolute atomic E-state index is 13.1. The molecular weight excluding hydrogens is 361 g/mol. The van der Waals surface area contributed by atoms with Crippen LogP contribution < -0.4 is 0 Å². The minimum atomic E-state index is -3.21. The predicted molar refractivity (Wildman–Crippen MR) is 91.8 cm³/mol. The van der Waals surface area contributed by atoms with Gasteiger partial charge in [0, 0.05) is 13.6 Å². The fourth-order valence-corrected chi connectivity index (χ4v) is 5.45. The van der Waals surface area contributed by atoms with E-state index >= 15 is 0 Å². The lowest BCUT2D eigenvalue weighted by Gasteiger charge is -2.36. The van der Waals surface area contributed by atoms with Crippen LogP contribution in [0.2, 0.25) is 0 Å². The molecule has 0 bridgehead atoms. The Bertz CT molecular complexity index is 955. The van der Waals surface area contributed by atoms with Crippen molar-refractivity contribution in [3.63, 3.8) is 0 Å². The summed E-state index contributed by atoms with van der Waals surface area (Å²) in [5, 5.41) is 4.28. The number of ether oxygens (including phenoxy) is 1. The number of fused-ring (bicyclic) bond motifs is 1. The van der Waals surface area contributed by atoms with E-state index in [0.717, 1.165) is 5.56 Å². The maximum Gasteiger partial charge on any atom is 0.274 e. The number of hydrogen-bond acceptors (Lipinski definition) is 5. The molecule has 0 N–H and O–H groups in total. The third-order valence-electron chi connectivity index (χ3n) is 4.84. The first kappa shape index (κ1) is 17.2. The van der Waals surface area contributed by atoms with Crippen LogP contribution in [0.5, 0.6) is 0 Å². The van der Waals surface area contributed by atoms with E-state index in [1.807, 2.05) is 0 Å². The van der Waals surface area contributed by atoms with Crippen LogP contribution >= 0.6 is 0 Å². The van der Waals surface area contributed by atoms with Gasteiger partial charge in [0.25, 0.3) is 5.91 Å². The Balaban J connectivity index is 1.62. The fraction of sp³-hybridized carbons (Fsp3) is 0.412. The molecule has 0 spiro atoms. The van der Waals surface area contributed by atoms with Crippen molar-refractivity contribution in [2.24, 2.45) is 7.05 Å². The summed E-state index contributed by atoms with van der Waals surface area (Å²) in [6, 6.07) is 7.10. The summed E-state index contributed by atoms with van der Waals surface area (Å²) in [5.74, 6) is -0.788. The molecule has 138 valence electrons. The van der Waals surface area contributed by atoms with Crippen LogP contribution in [0.15, 0.2) is 30.3 Å². The summed E-state index contributed by atoms with van der Waals surface area (Å²) in [6.45, 7) is 0.637. The van der Waals surface area contributed by atoms with Crippen molar-refractivity contribution >= 4 is 15.7 Å². The number of aryl methyl sites for hydroxylation is 1. The Labute approximate surface area is 150 Å². The van der Waals surface area contributed by atoms with Crippen molar-refractivity contribution in [1.82, 2.24) is 14.7 Å². The molecule has 2 fully saturated rings. The number of sulfone groups is 1. The number of halogens is 1. The lowest BCUT2D eigenvalue weighted by Crippen LogP contribution is -2.53. The molecule has 2 saturated heterocycles. The quantitative estimate of drug-likeness (QED) is 0.773. The highest BCUT2D eigenvalue weighted by Gasteiger charge is 2.46. The van der Waals surface area contributed by atoms with Gasteiger partial charge in [0.1, 0.15) is 5.82 Å². The molecule has 9 heteroatoms. The molecule has 0 saturated carbocycles. The Morgan fingerprint density at radius 1 is 1.27 bits per heavy atom. The SMILES string of the molecule is Cn1nc(C(=O)N2CCOC3CS(=O)(=O)CC32)cc1-c1ccc(F)cc1. The minimum absolute atomic E-state index is 0.0511. The van der Waals surface area contributed by atoms with E-state index in [4.69, 9.17) is 4.74 Å². The molecule has 2 atom stereocenters. The van der Waals surface area contributed by atoms with Gasteiger partial charge in [0.15, 0.2) is 15.5 Å². The topological polar surface area (TPSA) is 81.5 Å². The molecule has 7 nitrogen and oxygen atoms in total. The minimum Gasteiger partial charge on any atom is -0.373 e. The summed E-state index contributed by atoms with van der Waals surface area (Å²) in [5.41, 5.74) is 1.65. The normalized spacial score (nSPS) is 24.5. The average Bonchev–Trinajstić information content (AvgIpc) is 3.13. The molecule has 0 aliphatic carbocycles. The fourth-order valence-electron chi connectivity index (χ4n) is 3.58. The summed E-state index contributed by atoms with van der Waals surface area (Å²) < 4.78 is 44.0. The molecule has 1 amide bonds. The summed E-state index contributed by atoms with van der Waals surface area (Å²) >= 11 is 0. The Hall–Kier alpha value is -2.26. The first-order valence-corrected chi connectivity index (χ1v) is 10.1. The number of carbonyl (C=O) groups is 1. The standard InChI is InChI=1S/C17H18FN3O4S/c1-20-14(11-2-4-12(18)5-3-11)8-13(19-20)17(22)21-6-7-25-16-10-26(23,24)9-15(16)21/h2-5,8,15-16H,6-7,9-10H2,1H3. The van der Waals surface area contributed by atoms with E-state index in [9.17, 15) is 17.6 Å². The molecule has 26 heavy (non-hydrogen) atoms. The van der Waals surface area contributed by atoms with E-state index < -0.39 is 22.0 Å². The average molecular weight is 379 g/mol. The van der Waals surface area contributed by atoms with Crippen LogP contribution in [0.1, 0.15) is 10.5 Å². The summed E-state index contributed by atoms with van der Waals surface area (Å²) in [4.78, 5) is 14.5. The second-order valence-corrected chi connectivity index (χ2v) is 8.75. The largest absolute Gasteiger partial charge is 0.373 e. The highest BCUT2D eigenvalue weighted by molar-refractivity contribution is 7.91. The first-order chi connectivity index (χ1) is 12.3. The number of morpholine rings is 1. The van der Waals surface area contributed by atoms with E-state index in [0.29, 0.717) is 18.8 Å². The molecule has 2 aliphatic rings. The molecule has 1 aromatic carbocycles. The van der Waals surface area contributed by atoms with Crippen LogP contribution in [0, 0.1) is 5.82 Å². The van der Waals surface area contributed by atoms with Crippen molar-refractivity contribution < 1.29 is 22.3 Å². The van der Waals surface area contributed by atoms with Crippen molar-refractivity contribution in [3.05, 3.63) is 41.8 Å². The second-order valence-electron chi connectivity index (χ2n) is 6.60. The number of rotatable bonds is 2. The van der Waals surface area contributed by atoms with Gasteiger partial charge in [-0.05, 0) is 35.9 Å². The first-order valence-electron chi connectivity index (χ1n) is 8.27. The van der Waals surface area contributed by atoms with Crippen molar-refractivity contribution in [1.29, 1.82) is 0 Å². The molecular formula is C17H18FN3O4S. The zero-order valence-electron chi connectivity index (χ0n) is 14.1. The number of carbonyl (C=O) groups excluding carboxylic acids is 1. The molecule has 1 aromatic heterocycles. The highest BCUT2D eigenvalue weighted by atomic mass is 32.2. The van der Waals surface area contributed by atoms with Gasteiger partial charge in [-0.2, -0.15) is 5.10 Å². The van der Waals surface area contributed by atoms with Gasteiger partial charge in [-0.15, -0.1) is 0 Å². The Morgan fingerprint density at radius 2 is 2.00 bits per heavy atom. The molecule has 2 aliphatic heterocycles. The smallest absolute Gasteiger partial charge is 0.274 e. The Morgan fingerprint density at radius 3 is 2.73 bits per heavy atom. The second kappa shape index (κ2) is 6.17. The van der Waals surface area contributed by atoms with Crippen LogP contribution in [0.3, 0.4) is 0 Å². The molecule has 0 radical (unpaired) electrons. The molecule has 2 unspecified atom stereocenters. The van der Waals surface area contributed by atoms with Gasteiger partial charge in [-0.3, -0.25) is 9.48 Å². The van der Waals surface area contributed by atoms with Crippen molar-refractivity contribution in [3.8, 4) is 11.3 Å². The zero-order valence-corrected chi connectivity index (χ0v) is 14.9. The summed E-state index contributed by atoms with van der Waals surface area (Å²) in [7, 11) is -1.50. The lowest BCUT2D eigenvalue weighted by atomic mass is 10.1. The number of hydrogen-bond donors (Lipinski definition) is 0.